The summed E-state index contributed by atoms with van der Waals surface area (Å²) in [5.41, 5.74) is 3.65. The first-order valence-corrected chi connectivity index (χ1v) is 8.23. The zero-order chi connectivity index (χ0) is 15.2. The summed E-state index contributed by atoms with van der Waals surface area (Å²) in [4.78, 5) is 12.1. The molecule has 0 unspecified atom stereocenters. The molecular weight excluding hydrogens is 256 g/mol. The fourth-order valence-corrected chi connectivity index (χ4v) is 3.06. The Bertz CT molecular complexity index is 625. The lowest BCUT2D eigenvalue weighted by atomic mass is 9.87. The molecule has 0 bridgehead atoms. The number of carbonyl (C=O) groups excluding carboxylic acids is 1. The van der Waals surface area contributed by atoms with Crippen LogP contribution in [0.4, 0.5) is 0 Å². The van der Waals surface area contributed by atoms with Crippen LogP contribution in [0, 0.1) is 0 Å². The first-order chi connectivity index (χ1) is 10.2. The molecule has 2 aromatic rings. The van der Waals surface area contributed by atoms with Gasteiger partial charge in [-0.05, 0) is 60.6 Å². The lowest BCUT2D eigenvalue weighted by Gasteiger charge is -2.17. The van der Waals surface area contributed by atoms with Gasteiger partial charge in [0.25, 0.3) is 0 Å². The Morgan fingerprint density at radius 3 is 2.19 bits per heavy atom. The van der Waals surface area contributed by atoms with Crippen molar-refractivity contribution in [3.63, 3.8) is 0 Å². The van der Waals surface area contributed by atoms with Crippen molar-refractivity contribution in [1.29, 1.82) is 0 Å². The molecule has 0 atom stereocenters. The highest BCUT2D eigenvalue weighted by atomic mass is 16.1. The molecule has 0 heterocycles. The maximum absolute atomic E-state index is 12.1. The van der Waals surface area contributed by atoms with Crippen molar-refractivity contribution in [1.82, 2.24) is 0 Å². The molecule has 0 saturated carbocycles. The van der Waals surface area contributed by atoms with Crippen molar-refractivity contribution in [3.8, 4) is 0 Å². The number of unbranched alkanes of at least 4 members (excludes halogenated alkanes) is 2. The Balaban J connectivity index is 2.65. The quantitative estimate of drug-likeness (QED) is 0.593. The van der Waals surface area contributed by atoms with E-state index in [0.717, 1.165) is 31.2 Å². The zero-order valence-corrected chi connectivity index (χ0v) is 13.5. The maximum atomic E-state index is 12.1. The predicted molar refractivity (Wildman–Crippen MR) is 91.2 cm³/mol. The summed E-state index contributed by atoms with van der Waals surface area (Å²) in [6.07, 6.45) is 6.79. The van der Waals surface area contributed by atoms with Crippen LogP contribution in [-0.4, -0.2) is 5.78 Å². The minimum Gasteiger partial charge on any atom is -0.295 e. The third kappa shape index (κ3) is 3.53. The summed E-state index contributed by atoms with van der Waals surface area (Å²) < 4.78 is 0. The average molecular weight is 282 g/mol. The summed E-state index contributed by atoms with van der Waals surface area (Å²) in [6, 6.07) is 10.6. The van der Waals surface area contributed by atoms with Crippen molar-refractivity contribution >= 4 is 16.6 Å². The van der Waals surface area contributed by atoms with Crippen LogP contribution in [-0.2, 0) is 12.8 Å². The van der Waals surface area contributed by atoms with Gasteiger partial charge in [-0.2, -0.15) is 0 Å². The number of carbonyl (C=O) groups is 1. The van der Waals surface area contributed by atoms with Gasteiger partial charge in [-0.15, -0.1) is 0 Å². The van der Waals surface area contributed by atoms with Crippen LogP contribution in [0.2, 0.25) is 0 Å². The molecule has 1 heteroatoms. The Morgan fingerprint density at radius 1 is 0.952 bits per heavy atom. The van der Waals surface area contributed by atoms with Crippen LogP contribution in [0.1, 0.15) is 67.9 Å². The topological polar surface area (TPSA) is 17.1 Å². The average Bonchev–Trinajstić information content (AvgIpc) is 2.50. The first kappa shape index (κ1) is 15.8. The van der Waals surface area contributed by atoms with Crippen LogP contribution in [0.5, 0.6) is 0 Å². The highest BCUT2D eigenvalue weighted by Crippen LogP contribution is 2.29. The fraction of sp³-hybridized carbons (Fsp3) is 0.450. The summed E-state index contributed by atoms with van der Waals surface area (Å²) in [5.74, 6) is 0.199. The van der Waals surface area contributed by atoms with Crippen molar-refractivity contribution in [2.45, 2.75) is 59.3 Å². The van der Waals surface area contributed by atoms with Crippen LogP contribution in [0.25, 0.3) is 10.8 Å². The number of benzene rings is 2. The molecule has 0 fully saturated rings. The molecule has 2 aromatic carbocycles. The summed E-state index contributed by atoms with van der Waals surface area (Å²) in [6.45, 7) is 6.13. The normalized spacial score (nSPS) is 11.0. The zero-order valence-electron chi connectivity index (χ0n) is 13.5. The van der Waals surface area contributed by atoms with Gasteiger partial charge in [-0.3, -0.25) is 4.79 Å². The molecule has 0 radical (unpaired) electrons. The second-order valence-electron chi connectivity index (χ2n) is 5.87. The number of hydrogen-bond acceptors (Lipinski definition) is 1. The largest absolute Gasteiger partial charge is 0.295 e. The fourth-order valence-electron chi connectivity index (χ4n) is 3.06. The first-order valence-electron chi connectivity index (χ1n) is 8.23. The van der Waals surface area contributed by atoms with E-state index in [4.69, 9.17) is 0 Å². The van der Waals surface area contributed by atoms with Crippen molar-refractivity contribution in [3.05, 3.63) is 47.0 Å². The second kappa shape index (κ2) is 7.40. The monoisotopic (exact) mass is 282 g/mol. The van der Waals surface area contributed by atoms with Gasteiger partial charge >= 0.3 is 0 Å². The van der Waals surface area contributed by atoms with Gasteiger partial charge in [0, 0.05) is 5.56 Å². The molecule has 0 amide bonds. The number of Topliss-reactive ketones (excluding diaryl/α,β-unsaturated/α-hetero) is 1. The number of fused-ring (bicyclic) bond motifs is 1. The molecule has 0 N–H and O–H groups in total. The van der Waals surface area contributed by atoms with E-state index in [2.05, 4.69) is 44.2 Å². The van der Waals surface area contributed by atoms with Crippen molar-refractivity contribution < 1.29 is 4.79 Å². The Kier molecular flexibility index (Phi) is 5.55. The summed E-state index contributed by atoms with van der Waals surface area (Å²) >= 11 is 0. The minimum atomic E-state index is 0.199. The van der Waals surface area contributed by atoms with E-state index in [0.29, 0.717) is 0 Å². The summed E-state index contributed by atoms with van der Waals surface area (Å²) in [7, 11) is 0. The van der Waals surface area contributed by atoms with Gasteiger partial charge in [0.05, 0.1) is 0 Å². The van der Waals surface area contributed by atoms with Gasteiger partial charge in [0.2, 0.25) is 0 Å². The molecular formula is C20H26O. The molecule has 112 valence electrons. The molecule has 0 aliphatic heterocycles. The van der Waals surface area contributed by atoms with Gasteiger partial charge in [0.15, 0.2) is 5.78 Å². The smallest absolute Gasteiger partial charge is 0.160 e. The predicted octanol–water partition coefficient (Wildman–Crippen LogP) is 5.73. The Morgan fingerprint density at radius 2 is 1.57 bits per heavy atom. The van der Waals surface area contributed by atoms with Gasteiger partial charge in [0.1, 0.15) is 0 Å². The molecule has 0 saturated heterocycles. The Hall–Kier alpha value is -1.63. The van der Waals surface area contributed by atoms with E-state index in [-0.39, 0.29) is 5.78 Å². The van der Waals surface area contributed by atoms with Crippen molar-refractivity contribution in [2.24, 2.45) is 0 Å². The molecule has 0 spiro atoms. The maximum Gasteiger partial charge on any atom is 0.160 e. The molecule has 0 aromatic heterocycles. The highest BCUT2D eigenvalue weighted by molar-refractivity contribution is 6.01. The number of hydrogen-bond donors (Lipinski definition) is 0. The Labute approximate surface area is 128 Å². The van der Waals surface area contributed by atoms with E-state index in [1.807, 2.05) is 0 Å². The van der Waals surface area contributed by atoms with Crippen molar-refractivity contribution in [2.75, 3.05) is 0 Å². The minimum absolute atomic E-state index is 0.199. The molecule has 2 rings (SSSR count). The van der Waals surface area contributed by atoms with Crippen LogP contribution in [0.3, 0.4) is 0 Å². The van der Waals surface area contributed by atoms with E-state index in [1.165, 1.54) is 34.7 Å². The molecule has 21 heavy (non-hydrogen) atoms. The summed E-state index contributed by atoms with van der Waals surface area (Å²) in [5, 5.41) is 2.54. The van der Waals surface area contributed by atoms with Crippen LogP contribution < -0.4 is 0 Å². The van der Waals surface area contributed by atoms with Crippen LogP contribution >= 0.6 is 0 Å². The lowest BCUT2D eigenvalue weighted by molar-refractivity contribution is 0.101. The SMILES string of the molecule is CCCCc1c(C(C)=O)cc2ccccc2c1CCCC. The lowest BCUT2D eigenvalue weighted by Crippen LogP contribution is -2.06. The number of rotatable bonds is 7. The van der Waals surface area contributed by atoms with Gasteiger partial charge in [-0.25, -0.2) is 0 Å². The third-order valence-electron chi connectivity index (χ3n) is 4.22. The molecule has 0 aliphatic carbocycles. The van der Waals surface area contributed by atoms with E-state index < -0.39 is 0 Å². The highest BCUT2D eigenvalue weighted by Gasteiger charge is 2.15. The third-order valence-corrected chi connectivity index (χ3v) is 4.22. The molecule has 1 nitrogen and oxygen atoms in total. The van der Waals surface area contributed by atoms with Gasteiger partial charge < -0.3 is 0 Å². The second-order valence-corrected chi connectivity index (χ2v) is 5.87. The number of ketones is 1. The van der Waals surface area contributed by atoms with E-state index in [1.54, 1.807) is 6.92 Å². The van der Waals surface area contributed by atoms with E-state index in [9.17, 15) is 4.79 Å². The van der Waals surface area contributed by atoms with Gasteiger partial charge in [-0.1, -0.05) is 51.0 Å². The van der Waals surface area contributed by atoms with Crippen LogP contribution in [0.15, 0.2) is 30.3 Å². The number of aryl methyl sites for hydroxylation is 1. The molecule has 0 aliphatic rings. The van der Waals surface area contributed by atoms with E-state index >= 15 is 0 Å². The standard InChI is InChI=1S/C20H26O/c1-4-6-11-18-17-13-9-8-10-16(17)14-20(15(3)21)19(18)12-7-5-2/h8-10,13-14H,4-7,11-12H2,1-3H3.